The van der Waals surface area contributed by atoms with Gasteiger partial charge in [-0.05, 0) is 62.9 Å². The number of rotatable bonds is 10. The quantitative estimate of drug-likeness (QED) is 0.424. The topological polar surface area (TPSA) is 42.0 Å². The van der Waals surface area contributed by atoms with Gasteiger partial charge in [-0.15, -0.1) is 0 Å². The highest BCUT2D eigenvalue weighted by molar-refractivity contribution is 5.95. The molecule has 0 aromatic heterocycles. The molecule has 4 rings (SSSR count). The number of alkyl halides is 2. The van der Waals surface area contributed by atoms with E-state index in [1.54, 1.807) is 0 Å². The highest BCUT2D eigenvalue weighted by atomic mass is 19.3. The van der Waals surface area contributed by atoms with Gasteiger partial charge in [0.1, 0.15) is 0 Å². The van der Waals surface area contributed by atoms with Gasteiger partial charge < -0.3 is 14.4 Å². The van der Waals surface area contributed by atoms with E-state index >= 15 is 0 Å². The summed E-state index contributed by atoms with van der Waals surface area (Å²) in [5, 5.41) is 0. The Kier molecular flexibility index (Phi) is 8.39. The van der Waals surface area contributed by atoms with Crippen LogP contribution in [0.1, 0.15) is 54.9 Å². The first-order valence-corrected chi connectivity index (χ1v) is 12.3. The largest absolute Gasteiger partial charge is 0.493 e. The van der Waals surface area contributed by atoms with E-state index in [0.717, 1.165) is 30.5 Å². The molecule has 0 bridgehead atoms. The van der Waals surface area contributed by atoms with Gasteiger partial charge in [-0.25, -0.2) is 0 Å². The summed E-state index contributed by atoms with van der Waals surface area (Å²) in [5.41, 5.74) is 2.55. The SMILES string of the molecule is COc1cc(C(=O)N(C/C(C)=C/c2ccccc2)CC2CCCN2C2CCC2)ccc1OC(F)F. The number of likely N-dealkylation sites (tertiary alicyclic amines) is 1. The first-order valence-electron chi connectivity index (χ1n) is 12.3. The van der Waals surface area contributed by atoms with Gasteiger partial charge in [0.15, 0.2) is 11.5 Å². The van der Waals surface area contributed by atoms with Crippen LogP contribution in [0.2, 0.25) is 0 Å². The predicted molar refractivity (Wildman–Crippen MR) is 133 cm³/mol. The summed E-state index contributed by atoms with van der Waals surface area (Å²) in [4.78, 5) is 18.2. The van der Waals surface area contributed by atoms with Gasteiger partial charge in [0.25, 0.3) is 5.91 Å². The Morgan fingerprint density at radius 2 is 1.89 bits per heavy atom. The zero-order valence-electron chi connectivity index (χ0n) is 20.5. The summed E-state index contributed by atoms with van der Waals surface area (Å²) in [6, 6.07) is 15.4. The summed E-state index contributed by atoms with van der Waals surface area (Å²) in [6.07, 6.45) is 8.07. The number of carbonyl (C=O) groups is 1. The van der Waals surface area contributed by atoms with Crippen molar-refractivity contribution < 1.29 is 23.0 Å². The minimum atomic E-state index is -2.97. The van der Waals surface area contributed by atoms with Crippen molar-refractivity contribution in [3.05, 3.63) is 65.2 Å². The molecule has 0 spiro atoms. The van der Waals surface area contributed by atoms with E-state index in [2.05, 4.69) is 15.7 Å². The number of nitrogens with zero attached hydrogens (tertiary/aromatic N) is 2. The monoisotopic (exact) mass is 484 g/mol. The molecule has 7 heteroatoms. The predicted octanol–water partition coefficient (Wildman–Crippen LogP) is 5.86. The number of halogens is 2. The second-order valence-electron chi connectivity index (χ2n) is 9.45. The van der Waals surface area contributed by atoms with Crippen LogP contribution in [0.25, 0.3) is 6.08 Å². The number of ether oxygens (including phenoxy) is 2. The van der Waals surface area contributed by atoms with Crippen LogP contribution in [0.4, 0.5) is 8.78 Å². The summed E-state index contributed by atoms with van der Waals surface area (Å²) >= 11 is 0. The average Bonchev–Trinajstić information content (AvgIpc) is 3.25. The minimum absolute atomic E-state index is 0.0855. The molecule has 2 aromatic carbocycles. The third-order valence-corrected chi connectivity index (χ3v) is 6.96. The fourth-order valence-corrected chi connectivity index (χ4v) is 5.08. The molecule has 2 aliphatic rings. The lowest BCUT2D eigenvalue weighted by molar-refractivity contribution is -0.0512. The number of methoxy groups -OCH3 is 1. The van der Waals surface area contributed by atoms with E-state index in [-0.39, 0.29) is 17.4 Å². The third-order valence-electron chi connectivity index (χ3n) is 6.96. The standard InChI is InChI=1S/C28H34F2N2O3/c1-20(16-21-8-4-3-5-9-21)18-31(19-24-12-7-15-32(24)23-10-6-11-23)27(33)22-13-14-25(35-28(29)30)26(17-22)34-2/h3-5,8-9,13-14,16-17,23-24,28H,6-7,10-12,15,18-19H2,1-2H3/b20-16+. The number of hydrogen-bond donors (Lipinski definition) is 0. The van der Waals surface area contributed by atoms with E-state index in [1.807, 2.05) is 42.2 Å². The Hall–Kier alpha value is -2.93. The maximum Gasteiger partial charge on any atom is 0.387 e. The van der Waals surface area contributed by atoms with Crippen molar-refractivity contribution in [3.63, 3.8) is 0 Å². The van der Waals surface area contributed by atoms with Crippen LogP contribution in [-0.4, -0.2) is 61.1 Å². The maximum atomic E-state index is 13.7. The Balaban J connectivity index is 1.57. The van der Waals surface area contributed by atoms with Crippen molar-refractivity contribution in [1.82, 2.24) is 9.80 Å². The van der Waals surface area contributed by atoms with Crippen molar-refractivity contribution in [2.24, 2.45) is 0 Å². The lowest BCUT2D eigenvalue weighted by Crippen LogP contribution is -2.49. The molecule has 35 heavy (non-hydrogen) atoms. The molecule has 0 N–H and O–H groups in total. The van der Waals surface area contributed by atoms with Gasteiger partial charge >= 0.3 is 6.61 Å². The molecule has 1 atom stereocenters. The van der Waals surface area contributed by atoms with Crippen molar-refractivity contribution in [2.45, 2.75) is 57.7 Å². The van der Waals surface area contributed by atoms with E-state index < -0.39 is 6.61 Å². The van der Waals surface area contributed by atoms with Crippen LogP contribution in [0.3, 0.4) is 0 Å². The van der Waals surface area contributed by atoms with E-state index in [4.69, 9.17) is 4.74 Å². The van der Waals surface area contributed by atoms with Crippen LogP contribution < -0.4 is 9.47 Å². The lowest BCUT2D eigenvalue weighted by Gasteiger charge is -2.40. The van der Waals surface area contributed by atoms with Gasteiger partial charge in [-0.1, -0.05) is 48.4 Å². The van der Waals surface area contributed by atoms with Crippen molar-refractivity contribution in [3.8, 4) is 11.5 Å². The van der Waals surface area contributed by atoms with Crippen LogP contribution in [0.15, 0.2) is 54.1 Å². The molecule has 1 aliphatic heterocycles. The molecule has 1 saturated heterocycles. The molecule has 0 radical (unpaired) electrons. The van der Waals surface area contributed by atoms with Gasteiger partial charge in [0, 0.05) is 30.7 Å². The second kappa shape index (κ2) is 11.7. The number of carbonyl (C=O) groups excluding carboxylic acids is 1. The Morgan fingerprint density at radius 3 is 2.54 bits per heavy atom. The van der Waals surface area contributed by atoms with Crippen molar-refractivity contribution >= 4 is 12.0 Å². The maximum absolute atomic E-state index is 13.7. The molecule has 1 saturated carbocycles. The molecule has 1 aliphatic carbocycles. The van der Waals surface area contributed by atoms with Gasteiger partial charge in [0.2, 0.25) is 0 Å². The van der Waals surface area contributed by atoms with E-state index in [1.165, 1.54) is 44.6 Å². The Labute approximate surface area is 206 Å². The molecular weight excluding hydrogens is 450 g/mol. The van der Waals surface area contributed by atoms with Crippen LogP contribution >= 0.6 is 0 Å². The average molecular weight is 485 g/mol. The highest BCUT2D eigenvalue weighted by Crippen LogP contribution is 2.33. The molecule has 188 valence electrons. The molecule has 1 heterocycles. The number of benzene rings is 2. The molecular formula is C28H34F2N2O3. The Morgan fingerprint density at radius 1 is 1.11 bits per heavy atom. The van der Waals surface area contributed by atoms with Crippen LogP contribution in [-0.2, 0) is 0 Å². The highest BCUT2D eigenvalue weighted by Gasteiger charge is 2.35. The molecule has 2 fully saturated rings. The van der Waals surface area contributed by atoms with Gasteiger partial charge in [-0.2, -0.15) is 8.78 Å². The summed E-state index contributed by atoms with van der Waals surface area (Å²) in [7, 11) is 1.38. The normalized spacial score (nSPS) is 19.0. The van der Waals surface area contributed by atoms with Crippen LogP contribution in [0, 0.1) is 0 Å². The van der Waals surface area contributed by atoms with Gasteiger partial charge in [0.05, 0.1) is 7.11 Å². The first-order chi connectivity index (χ1) is 16.9. The molecule has 5 nitrogen and oxygen atoms in total. The fraction of sp³-hybridized carbons (Fsp3) is 0.464. The summed E-state index contributed by atoms with van der Waals surface area (Å²) in [5.74, 6) is -0.115. The minimum Gasteiger partial charge on any atom is -0.493 e. The first kappa shape index (κ1) is 25.2. The second-order valence-corrected chi connectivity index (χ2v) is 9.45. The number of hydrogen-bond acceptors (Lipinski definition) is 4. The van der Waals surface area contributed by atoms with E-state index in [0.29, 0.717) is 30.7 Å². The third kappa shape index (κ3) is 6.40. The zero-order chi connectivity index (χ0) is 24.8. The lowest BCUT2D eigenvalue weighted by atomic mass is 9.91. The van der Waals surface area contributed by atoms with E-state index in [9.17, 15) is 13.6 Å². The van der Waals surface area contributed by atoms with Crippen molar-refractivity contribution in [2.75, 3.05) is 26.7 Å². The zero-order valence-corrected chi connectivity index (χ0v) is 20.5. The number of amides is 1. The molecule has 2 aromatic rings. The fourth-order valence-electron chi connectivity index (χ4n) is 5.08. The van der Waals surface area contributed by atoms with Crippen LogP contribution in [0.5, 0.6) is 11.5 Å². The molecule has 1 amide bonds. The summed E-state index contributed by atoms with van der Waals surface area (Å²) < 4.78 is 35.3. The Bertz CT molecular complexity index is 1020. The smallest absolute Gasteiger partial charge is 0.387 e. The van der Waals surface area contributed by atoms with Crippen molar-refractivity contribution in [1.29, 1.82) is 0 Å². The summed E-state index contributed by atoms with van der Waals surface area (Å²) in [6.45, 7) is 1.27. The van der Waals surface area contributed by atoms with Gasteiger partial charge in [-0.3, -0.25) is 9.69 Å². The molecule has 1 unspecified atom stereocenters.